The molecule has 1 aliphatic heterocycles. The van der Waals surface area contributed by atoms with E-state index in [4.69, 9.17) is 4.74 Å². The van der Waals surface area contributed by atoms with Gasteiger partial charge in [-0.2, -0.15) is 10.1 Å². The summed E-state index contributed by atoms with van der Waals surface area (Å²) < 4.78 is 22.9. The molecule has 152 valence electrons. The maximum Gasteiger partial charge on any atom is 0.229 e. The summed E-state index contributed by atoms with van der Waals surface area (Å²) in [6, 6.07) is 7.07. The minimum atomic E-state index is -0.454. The van der Waals surface area contributed by atoms with Gasteiger partial charge >= 0.3 is 0 Å². The van der Waals surface area contributed by atoms with Gasteiger partial charge < -0.3 is 15.4 Å². The van der Waals surface area contributed by atoms with Crippen molar-refractivity contribution < 1.29 is 9.13 Å². The number of halogens is 1. The van der Waals surface area contributed by atoms with Gasteiger partial charge in [-0.25, -0.2) is 9.37 Å². The molecule has 2 aromatic heterocycles. The second-order valence-electron chi connectivity index (χ2n) is 7.08. The van der Waals surface area contributed by atoms with Crippen molar-refractivity contribution in [3.8, 4) is 17.0 Å². The lowest BCUT2D eigenvalue weighted by Crippen LogP contribution is -2.30. The van der Waals surface area contributed by atoms with Gasteiger partial charge in [0.25, 0.3) is 0 Å². The minimum absolute atomic E-state index is 0.261. The third kappa shape index (κ3) is 3.73. The third-order valence-electron chi connectivity index (χ3n) is 4.93. The molecule has 0 radical (unpaired) electrons. The zero-order valence-electron chi connectivity index (χ0n) is 17.0. The van der Waals surface area contributed by atoms with E-state index < -0.39 is 5.82 Å². The lowest BCUT2D eigenvalue weighted by atomic mass is 10.1. The highest BCUT2D eigenvalue weighted by Gasteiger charge is 2.23. The maximum absolute atomic E-state index is 15.5. The molecular weight excluding hydrogens is 373 g/mol. The summed E-state index contributed by atoms with van der Waals surface area (Å²) in [5.74, 6) is 0.942. The molecule has 0 saturated carbocycles. The number of ether oxygens (including phenoxy) is 1. The molecule has 0 atom stereocenters. The van der Waals surface area contributed by atoms with E-state index in [1.54, 1.807) is 19.2 Å². The van der Waals surface area contributed by atoms with Gasteiger partial charge in [-0.05, 0) is 32.2 Å². The first-order chi connectivity index (χ1) is 14.0. The van der Waals surface area contributed by atoms with Crippen LogP contribution in [0.1, 0.15) is 11.4 Å². The summed E-state index contributed by atoms with van der Waals surface area (Å²) in [6.07, 6.45) is 0. The first kappa shape index (κ1) is 19.1. The predicted octanol–water partition coefficient (Wildman–Crippen LogP) is 3.03. The summed E-state index contributed by atoms with van der Waals surface area (Å²) >= 11 is 0. The molecule has 8 nitrogen and oxygen atoms in total. The molecule has 0 spiro atoms. The van der Waals surface area contributed by atoms with Crippen molar-refractivity contribution in [2.75, 3.05) is 38.4 Å². The van der Waals surface area contributed by atoms with Crippen molar-refractivity contribution in [2.24, 2.45) is 0 Å². The SMILES string of the molecule is CNc1cc(C)nc(Nc2ccc(OC)c(-c3cc4n(n3)CCN(C)C4)c2F)n1. The van der Waals surface area contributed by atoms with Crippen LogP contribution in [0, 0.1) is 12.7 Å². The summed E-state index contributed by atoms with van der Waals surface area (Å²) in [7, 11) is 5.36. The Morgan fingerprint density at radius 1 is 1.17 bits per heavy atom. The summed E-state index contributed by atoms with van der Waals surface area (Å²) in [4.78, 5) is 10.9. The number of nitrogens with zero attached hydrogens (tertiary/aromatic N) is 5. The van der Waals surface area contributed by atoms with Crippen molar-refractivity contribution in [1.82, 2.24) is 24.6 Å². The van der Waals surface area contributed by atoms with Crippen molar-refractivity contribution in [3.63, 3.8) is 0 Å². The van der Waals surface area contributed by atoms with Crippen LogP contribution >= 0.6 is 0 Å². The molecule has 9 heteroatoms. The van der Waals surface area contributed by atoms with Crippen LogP contribution in [-0.4, -0.2) is 52.4 Å². The van der Waals surface area contributed by atoms with Crippen molar-refractivity contribution in [1.29, 1.82) is 0 Å². The molecule has 0 unspecified atom stereocenters. The van der Waals surface area contributed by atoms with Gasteiger partial charge in [-0.3, -0.25) is 9.58 Å². The van der Waals surface area contributed by atoms with E-state index in [0.717, 1.165) is 31.0 Å². The highest BCUT2D eigenvalue weighted by Crippen LogP contribution is 2.37. The maximum atomic E-state index is 15.5. The number of hydrogen-bond acceptors (Lipinski definition) is 7. The van der Waals surface area contributed by atoms with Crippen LogP contribution in [0.2, 0.25) is 0 Å². The second kappa shape index (κ2) is 7.67. The topological polar surface area (TPSA) is 80.1 Å². The number of methoxy groups -OCH3 is 1. The molecule has 1 aromatic carbocycles. The zero-order valence-corrected chi connectivity index (χ0v) is 17.0. The minimum Gasteiger partial charge on any atom is -0.496 e. The van der Waals surface area contributed by atoms with Crippen LogP contribution in [-0.2, 0) is 13.1 Å². The van der Waals surface area contributed by atoms with Crippen molar-refractivity contribution >= 4 is 17.5 Å². The molecule has 1 aliphatic rings. The van der Waals surface area contributed by atoms with Crippen LogP contribution in [0.15, 0.2) is 24.3 Å². The van der Waals surface area contributed by atoms with Crippen LogP contribution in [0.25, 0.3) is 11.3 Å². The molecule has 4 rings (SSSR count). The monoisotopic (exact) mass is 397 g/mol. The predicted molar refractivity (Wildman–Crippen MR) is 110 cm³/mol. The lowest BCUT2D eigenvalue weighted by Gasteiger charge is -2.22. The molecular formula is C20H24FN7O. The van der Waals surface area contributed by atoms with Gasteiger partial charge in [0.2, 0.25) is 5.95 Å². The van der Waals surface area contributed by atoms with Crippen molar-refractivity contribution in [2.45, 2.75) is 20.0 Å². The van der Waals surface area contributed by atoms with E-state index in [-0.39, 0.29) is 5.69 Å². The number of nitrogens with one attached hydrogen (secondary N) is 2. The molecule has 0 bridgehead atoms. The van der Waals surface area contributed by atoms with E-state index in [9.17, 15) is 0 Å². The molecule has 3 aromatic rings. The molecule has 3 heterocycles. The quantitative estimate of drug-likeness (QED) is 0.685. The Bertz CT molecular complexity index is 1050. The Labute approximate surface area is 168 Å². The summed E-state index contributed by atoms with van der Waals surface area (Å²) in [5.41, 5.74) is 2.95. The molecule has 0 aliphatic carbocycles. The van der Waals surface area contributed by atoms with Gasteiger partial charge in [-0.15, -0.1) is 0 Å². The average molecular weight is 397 g/mol. The number of aromatic nitrogens is 4. The number of benzene rings is 1. The normalized spacial score (nSPS) is 13.8. The molecule has 0 saturated heterocycles. The number of rotatable bonds is 5. The van der Waals surface area contributed by atoms with Gasteiger partial charge in [0, 0.05) is 31.9 Å². The van der Waals surface area contributed by atoms with Gasteiger partial charge in [-0.1, -0.05) is 0 Å². The highest BCUT2D eigenvalue weighted by atomic mass is 19.1. The Balaban J connectivity index is 1.75. The Hall–Kier alpha value is -3.20. The van der Waals surface area contributed by atoms with Gasteiger partial charge in [0.05, 0.1) is 36.3 Å². The molecule has 0 fully saturated rings. The van der Waals surface area contributed by atoms with Crippen LogP contribution in [0.3, 0.4) is 0 Å². The Morgan fingerprint density at radius 3 is 2.76 bits per heavy atom. The third-order valence-corrected chi connectivity index (χ3v) is 4.93. The first-order valence-electron chi connectivity index (χ1n) is 9.41. The molecule has 2 N–H and O–H groups in total. The number of aryl methyl sites for hydroxylation is 1. The summed E-state index contributed by atoms with van der Waals surface area (Å²) in [6.45, 7) is 4.32. The Morgan fingerprint density at radius 2 is 2.00 bits per heavy atom. The molecule has 29 heavy (non-hydrogen) atoms. The fourth-order valence-electron chi connectivity index (χ4n) is 3.46. The highest BCUT2D eigenvalue weighted by molar-refractivity contribution is 5.75. The standard InChI is InChI=1S/C20H24FN7O/c1-12-9-17(22-2)25-20(23-12)24-14-5-6-16(29-4)18(19(14)21)15-10-13-11-27(3)7-8-28(13)26-15/h5-6,9-10H,7-8,11H2,1-4H3,(H2,22,23,24,25). The zero-order chi connectivity index (χ0) is 20.5. The fourth-order valence-corrected chi connectivity index (χ4v) is 3.46. The van der Waals surface area contributed by atoms with E-state index in [2.05, 4.69) is 37.6 Å². The number of likely N-dealkylation sites (N-methyl/N-ethyl adjacent to an activating group) is 1. The second-order valence-corrected chi connectivity index (χ2v) is 7.08. The van der Waals surface area contributed by atoms with E-state index in [0.29, 0.717) is 28.8 Å². The van der Waals surface area contributed by atoms with Gasteiger partial charge in [0.1, 0.15) is 11.6 Å². The average Bonchev–Trinajstić information content (AvgIpc) is 3.11. The van der Waals surface area contributed by atoms with Crippen LogP contribution < -0.4 is 15.4 Å². The van der Waals surface area contributed by atoms with Crippen molar-refractivity contribution in [3.05, 3.63) is 41.5 Å². The fraction of sp³-hybridized carbons (Fsp3) is 0.350. The van der Waals surface area contributed by atoms with Crippen LogP contribution in [0.4, 0.5) is 21.8 Å². The largest absolute Gasteiger partial charge is 0.496 e. The smallest absolute Gasteiger partial charge is 0.229 e. The molecule has 0 amide bonds. The van der Waals surface area contributed by atoms with E-state index in [1.807, 2.05) is 23.7 Å². The summed E-state index contributed by atoms with van der Waals surface area (Å²) in [5, 5.41) is 10.6. The first-order valence-corrected chi connectivity index (χ1v) is 9.41. The number of fused-ring (bicyclic) bond motifs is 1. The van der Waals surface area contributed by atoms with E-state index in [1.165, 1.54) is 7.11 Å². The number of hydrogen-bond donors (Lipinski definition) is 2. The number of anilines is 3. The van der Waals surface area contributed by atoms with Crippen LogP contribution in [0.5, 0.6) is 5.75 Å². The van der Waals surface area contributed by atoms with E-state index >= 15 is 4.39 Å². The lowest BCUT2D eigenvalue weighted by molar-refractivity contribution is 0.259. The Kier molecular flexibility index (Phi) is 5.06. The van der Waals surface area contributed by atoms with Gasteiger partial charge in [0.15, 0.2) is 5.82 Å².